The Labute approximate surface area is 190 Å². The number of nitrogens with zero attached hydrogens (tertiary/aromatic N) is 2. The summed E-state index contributed by atoms with van der Waals surface area (Å²) in [6.07, 6.45) is 0.511. The molecule has 2 aliphatic heterocycles. The van der Waals surface area contributed by atoms with Gasteiger partial charge in [0.1, 0.15) is 17.2 Å². The Morgan fingerprint density at radius 2 is 1.77 bits per heavy atom. The minimum absolute atomic E-state index is 0.106. The van der Waals surface area contributed by atoms with Crippen molar-refractivity contribution in [3.05, 3.63) is 87.9 Å². The Hall–Kier alpha value is -2.99. The Bertz CT molecular complexity index is 1110. The maximum Gasteiger partial charge on any atom is 0.213 e. The van der Waals surface area contributed by atoms with Crippen LogP contribution >= 0.6 is 15.9 Å². The van der Waals surface area contributed by atoms with Gasteiger partial charge in [-0.2, -0.15) is 5.10 Å². The predicted octanol–water partition coefficient (Wildman–Crippen LogP) is 6.10. The van der Waals surface area contributed by atoms with E-state index in [2.05, 4.69) is 51.3 Å². The van der Waals surface area contributed by atoms with Crippen LogP contribution in [0.15, 0.2) is 76.3 Å². The van der Waals surface area contributed by atoms with E-state index in [0.717, 1.165) is 50.5 Å². The van der Waals surface area contributed by atoms with Crippen LogP contribution in [0.5, 0.6) is 17.2 Å². The predicted molar refractivity (Wildman–Crippen MR) is 124 cm³/mol. The molecular formula is C25H23BrN2O3. The lowest BCUT2D eigenvalue weighted by molar-refractivity contribution is -0.0191. The van der Waals surface area contributed by atoms with Gasteiger partial charge in [0.15, 0.2) is 0 Å². The van der Waals surface area contributed by atoms with E-state index in [-0.39, 0.29) is 12.3 Å². The average Bonchev–Trinajstić information content (AvgIpc) is 3.25. The van der Waals surface area contributed by atoms with Gasteiger partial charge in [-0.05, 0) is 79.2 Å². The van der Waals surface area contributed by atoms with Crippen molar-refractivity contribution in [3.8, 4) is 17.2 Å². The quantitative estimate of drug-likeness (QED) is 0.444. The average molecular weight is 479 g/mol. The highest BCUT2D eigenvalue weighted by Gasteiger charge is 2.41. The number of hydrogen-bond acceptors (Lipinski definition) is 5. The molecule has 0 fully saturated rings. The summed E-state index contributed by atoms with van der Waals surface area (Å²) >= 11 is 3.61. The van der Waals surface area contributed by atoms with Crippen molar-refractivity contribution in [1.29, 1.82) is 0 Å². The normalized spacial score (nSPS) is 19.2. The number of benzene rings is 3. The molecule has 0 unspecified atom stereocenters. The number of rotatable bonds is 5. The van der Waals surface area contributed by atoms with Crippen LogP contribution in [0.1, 0.15) is 42.3 Å². The lowest BCUT2D eigenvalue weighted by atomic mass is 9.96. The van der Waals surface area contributed by atoms with Crippen molar-refractivity contribution in [2.24, 2.45) is 5.10 Å². The van der Waals surface area contributed by atoms with Crippen molar-refractivity contribution >= 4 is 21.6 Å². The van der Waals surface area contributed by atoms with E-state index in [1.165, 1.54) is 0 Å². The van der Waals surface area contributed by atoms with E-state index in [0.29, 0.717) is 6.61 Å². The zero-order valence-electron chi connectivity index (χ0n) is 17.4. The highest BCUT2D eigenvalue weighted by atomic mass is 79.9. The molecule has 0 radical (unpaired) electrons. The molecular weight excluding hydrogens is 456 g/mol. The van der Waals surface area contributed by atoms with Crippen LogP contribution in [-0.2, 0) is 0 Å². The van der Waals surface area contributed by atoms with Gasteiger partial charge in [-0.3, -0.25) is 0 Å². The van der Waals surface area contributed by atoms with Gasteiger partial charge >= 0.3 is 0 Å². The Morgan fingerprint density at radius 3 is 2.48 bits per heavy atom. The molecule has 0 aromatic heterocycles. The summed E-state index contributed by atoms with van der Waals surface area (Å²) in [6, 6.07) is 22.4. The van der Waals surface area contributed by atoms with Crippen LogP contribution in [0.4, 0.5) is 0 Å². The fourth-order valence-corrected chi connectivity index (χ4v) is 4.51. The van der Waals surface area contributed by atoms with Gasteiger partial charge in [0.2, 0.25) is 6.23 Å². The molecule has 0 N–H and O–H groups in total. The molecule has 0 spiro atoms. The molecule has 5 nitrogen and oxygen atoms in total. The van der Waals surface area contributed by atoms with Crippen molar-refractivity contribution in [2.75, 3.05) is 13.7 Å². The molecule has 5 rings (SSSR count). The summed E-state index contributed by atoms with van der Waals surface area (Å²) in [6.45, 7) is 2.63. The zero-order chi connectivity index (χ0) is 21.4. The molecule has 0 aliphatic carbocycles. The first-order valence-electron chi connectivity index (χ1n) is 10.4. The third-order valence-corrected chi connectivity index (χ3v) is 6.14. The fraction of sp³-hybridized carbons (Fsp3) is 0.240. The second kappa shape index (κ2) is 8.27. The van der Waals surface area contributed by atoms with E-state index in [4.69, 9.17) is 19.3 Å². The number of halogens is 1. The number of ether oxygens (including phenoxy) is 3. The van der Waals surface area contributed by atoms with Crippen LogP contribution in [0.25, 0.3) is 0 Å². The van der Waals surface area contributed by atoms with E-state index < -0.39 is 0 Å². The second-order valence-electron chi connectivity index (χ2n) is 7.53. The summed E-state index contributed by atoms with van der Waals surface area (Å²) in [4.78, 5) is 0. The van der Waals surface area contributed by atoms with Crippen molar-refractivity contribution < 1.29 is 14.2 Å². The minimum atomic E-state index is -0.301. The molecule has 31 heavy (non-hydrogen) atoms. The molecule has 6 heteroatoms. The molecule has 2 heterocycles. The van der Waals surface area contributed by atoms with Gasteiger partial charge in [0, 0.05) is 22.0 Å². The van der Waals surface area contributed by atoms with Gasteiger partial charge in [0.25, 0.3) is 0 Å². The fourth-order valence-electron chi connectivity index (χ4n) is 4.13. The van der Waals surface area contributed by atoms with Crippen LogP contribution in [0.2, 0.25) is 0 Å². The third kappa shape index (κ3) is 3.76. The molecule has 2 aliphatic rings. The summed E-state index contributed by atoms with van der Waals surface area (Å²) < 4.78 is 18.4. The van der Waals surface area contributed by atoms with E-state index in [1.807, 2.05) is 43.3 Å². The second-order valence-corrected chi connectivity index (χ2v) is 8.45. The summed E-state index contributed by atoms with van der Waals surface area (Å²) in [5.41, 5.74) is 4.32. The first-order chi connectivity index (χ1) is 15.2. The minimum Gasteiger partial charge on any atom is -0.497 e. The van der Waals surface area contributed by atoms with Crippen LogP contribution in [0.3, 0.4) is 0 Å². The van der Waals surface area contributed by atoms with Gasteiger partial charge in [-0.25, -0.2) is 5.01 Å². The van der Waals surface area contributed by atoms with E-state index >= 15 is 0 Å². The van der Waals surface area contributed by atoms with Gasteiger partial charge in [0.05, 0.1) is 25.5 Å². The molecule has 3 aromatic carbocycles. The first-order valence-corrected chi connectivity index (χ1v) is 11.1. The Balaban J connectivity index is 1.53. The number of hydrazone groups is 1. The summed E-state index contributed by atoms with van der Waals surface area (Å²) in [5.74, 6) is 2.59. The maximum atomic E-state index is 6.44. The topological polar surface area (TPSA) is 43.3 Å². The van der Waals surface area contributed by atoms with Gasteiger partial charge in [-0.1, -0.05) is 15.9 Å². The number of fused-ring (bicyclic) bond motifs is 3. The molecule has 0 saturated heterocycles. The number of hydrogen-bond donors (Lipinski definition) is 0. The van der Waals surface area contributed by atoms with E-state index in [1.54, 1.807) is 7.11 Å². The molecule has 3 aromatic rings. The van der Waals surface area contributed by atoms with Gasteiger partial charge < -0.3 is 14.2 Å². The highest BCUT2D eigenvalue weighted by Crippen LogP contribution is 2.48. The summed E-state index contributed by atoms with van der Waals surface area (Å²) in [5, 5.41) is 7.11. The van der Waals surface area contributed by atoms with Crippen LogP contribution in [0, 0.1) is 0 Å². The van der Waals surface area contributed by atoms with Crippen molar-refractivity contribution in [2.45, 2.75) is 25.6 Å². The lowest BCUT2D eigenvalue weighted by Gasteiger charge is -2.38. The van der Waals surface area contributed by atoms with Crippen LogP contribution in [-0.4, -0.2) is 24.4 Å². The molecule has 0 saturated carbocycles. The Kier molecular flexibility index (Phi) is 5.32. The third-order valence-electron chi connectivity index (χ3n) is 5.65. The van der Waals surface area contributed by atoms with Crippen LogP contribution < -0.4 is 14.2 Å². The number of methoxy groups -OCH3 is 1. The SMILES string of the molecule is CCOc1ccc([C@@H]2Oc3ccc(Br)cc3[C@H]3CC(c4ccc(OC)cc4)=NN32)cc1. The Morgan fingerprint density at radius 1 is 1.03 bits per heavy atom. The first kappa shape index (κ1) is 19.9. The molecule has 0 amide bonds. The molecule has 2 atom stereocenters. The highest BCUT2D eigenvalue weighted by molar-refractivity contribution is 9.10. The standard InChI is InChI=1S/C25H23BrN2O3/c1-3-30-20-11-6-17(7-12-20)25-28-23(21-14-18(26)8-13-24(21)31-25)15-22(27-28)16-4-9-19(29-2)10-5-16/h4-14,23,25H,3,15H2,1-2H3/t23-,25+/m1/s1. The zero-order valence-corrected chi connectivity index (χ0v) is 19.0. The molecule has 0 bridgehead atoms. The lowest BCUT2D eigenvalue weighted by Crippen LogP contribution is -2.33. The van der Waals surface area contributed by atoms with Crippen molar-refractivity contribution in [1.82, 2.24) is 5.01 Å². The monoisotopic (exact) mass is 478 g/mol. The van der Waals surface area contributed by atoms with E-state index in [9.17, 15) is 0 Å². The molecule has 158 valence electrons. The van der Waals surface area contributed by atoms with Crippen molar-refractivity contribution in [3.63, 3.8) is 0 Å². The van der Waals surface area contributed by atoms with Gasteiger partial charge in [-0.15, -0.1) is 0 Å². The summed E-state index contributed by atoms with van der Waals surface area (Å²) in [7, 11) is 1.68. The largest absolute Gasteiger partial charge is 0.497 e. The maximum absolute atomic E-state index is 6.44. The smallest absolute Gasteiger partial charge is 0.213 e.